The van der Waals surface area contributed by atoms with E-state index in [4.69, 9.17) is 9.47 Å². The Morgan fingerprint density at radius 3 is 2.71 bits per heavy atom. The summed E-state index contributed by atoms with van der Waals surface area (Å²) in [7, 11) is 1.62. The average molecular weight is 326 g/mol. The van der Waals surface area contributed by atoms with E-state index in [0.717, 1.165) is 34.9 Å². The summed E-state index contributed by atoms with van der Waals surface area (Å²) in [5.41, 5.74) is 2.63. The second kappa shape index (κ2) is 6.83. The summed E-state index contributed by atoms with van der Waals surface area (Å²) in [6.07, 6.45) is 0.849. The number of rotatable bonds is 3. The number of nitrogens with one attached hydrogen (secondary N) is 1. The molecule has 1 atom stereocenters. The van der Waals surface area contributed by atoms with E-state index in [1.165, 1.54) is 0 Å². The van der Waals surface area contributed by atoms with E-state index >= 15 is 0 Å². The van der Waals surface area contributed by atoms with Crippen LogP contribution in [-0.2, 0) is 0 Å². The lowest BCUT2D eigenvalue weighted by atomic mass is 10.1. The summed E-state index contributed by atoms with van der Waals surface area (Å²) in [6.45, 7) is 4.60. The van der Waals surface area contributed by atoms with E-state index in [0.29, 0.717) is 6.54 Å². The van der Waals surface area contributed by atoms with Crippen LogP contribution in [0.5, 0.6) is 11.5 Å². The Balaban J connectivity index is 1.84. The summed E-state index contributed by atoms with van der Waals surface area (Å²) in [4.78, 5) is 14.5. The first kappa shape index (κ1) is 16.2. The lowest BCUT2D eigenvalue weighted by Gasteiger charge is -2.34. The highest BCUT2D eigenvalue weighted by atomic mass is 16.5. The first-order valence-corrected chi connectivity index (χ1v) is 8.10. The Bertz CT molecular complexity index is 728. The van der Waals surface area contributed by atoms with Crippen LogP contribution in [0.25, 0.3) is 0 Å². The number of hydrogen-bond acceptors (Lipinski definition) is 3. The molecule has 1 N–H and O–H groups in total. The van der Waals surface area contributed by atoms with Crippen LogP contribution in [0.2, 0.25) is 0 Å². The number of urea groups is 1. The first-order chi connectivity index (χ1) is 11.6. The predicted octanol–water partition coefficient (Wildman–Crippen LogP) is 4.21. The molecular formula is C19H22N2O3. The summed E-state index contributed by atoms with van der Waals surface area (Å²) >= 11 is 0. The van der Waals surface area contributed by atoms with Crippen molar-refractivity contribution in [2.24, 2.45) is 0 Å². The van der Waals surface area contributed by atoms with Gasteiger partial charge in [0, 0.05) is 5.69 Å². The Morgan fingerprint density at radius 2 is 2.04 bits per heavy atom. The van der Waals surface area contributed by atoms with Gasteiger partial charge in [0.05, 0.1) is 19.3 Å². The summed E-state index contributed by atoms with van der Waals surface area (Å²) in [5.74, 6) is 1.51. The highest BCUT2D eigenvalue weighted by Gasteiger charge is 2.29. The average Bonchev–Trinajstić information content (AvgIpc) is 2.61. The predicted molar refractivity (Wildman–Crippen MR) is 95.2 cm³/mol. The highest BCUT2D eigenvalue weighted by molar-refractivity contribution is 6.03. The molecule has 2 aromatic carbocycles. The third kappa shape index (κ3) is 3.30. The molecular weight excluding hydrogens is 304 g/mol. The summed E-state index contributed by atoms with van der Waals surface area (Å²) in [5, 5.41) is 2.94. The van der Waals surface area contributed by atoms with Crippen LogP contribution >= 0.6 is 0 Å². The zero-order valence-corrected chi connectivity index (χ0v) is 14.2. The summed E-state index contributed by atoms with van der Waals surface area (Å²) in [6, 6.07) is 13.0. The van der Waals surface area contributed by atoms with Gasteiger partial charge in [0.25, 0.3) is 0 Å². The molecule has 2 amide bonds. The molecule has 0 spiro atoms. The number of fused-ring (bicyclic) bond motifs is 1. The normalized spacial score (nSPS) is 16.1. The van der Waals surface area contributed by atoms with Crippen LogP contribution in [0, 0.1) is 6.92 Å². The maximum Gasteiger partial charge on any atom is 0.326 e. The SMILES string of the molecule is CC[C@H]1CN(C(=O)Nc2ccc(OC)cc2)c2cc(C)ccc2O1. The van der Waals surface area contributed by atoms with Crippen molar-refractivity contribution < 1.29 is 14.3 Å². The van der Waals surface area contributed by atoms with Crippen LogP contribution in [-0.4, -0.2) is 25.8 Å². The third-order valence-corrected chi connectivity index (χ3v) is 4.13. The third-order valence-electron chi connectivity index (χ3n) is 4.13. The van der Waals surface area contributed by atoms with Crippen molar-refractivity contribution in [1.82, 2.24) is 0 Å². The minimum Gasteiger partial charge on any atom is -0.497 e. The van der Waals surface area contributed by atoms with Gasteiger partial charge in [0.15, 0.2) is 0 Å². The molecule has 0 bridgehead atoms. The molecule has 5 heteroatoms. The number of methoxy groups -OCH3 is 1. The fourth-order valence-electron chi connectivity index (χ4n) is 2.73. The second-order valence-electron chi connectivity index (χ2n) is 5.89. The molecule has 0 aromatic heterocycles. The maximum absolute atomic E-state index is 12.8. The zero-order valence-electron chi connectivity index (χ0n) is 14.2. The molecule has 24 heavy (non-hydrogen) atoms. The fraction of sp³-hybridized carbons (Fsp3) is 0.316. The molecule has 0 fully saturated rings. The van der Waals surface area contributed by atoms with Gasteiger partial charge in [-0.3, -0.25) is 4.90 Å². The molecule has 0 saturated carbocycles. The molecule has 5 nitrogen and oxygen atoms in total. The number of nitrogens with zero attached hydrogens (tertiary/aromatic N) is 1. The minimum atomic E-state index is -0.159. The monoisotopic (exact) mass is 326 g/mol. The van der Waals surface area contributed by atoms with Gasteiger partial charge in [-0.25, -0.2) is 4.79 Å². The molecule has 0 unspecified atom stereocenters. The van der Waals surface area contributed by atoms with Gasteiger partial charge in [-0.05, 0) is 55.3 Å². The van der Waals surface area contributed by atoms with Crippen molar-refractivity contribution in [1.29, 1.82) is 0 Å². The van der Waals surface area contributed by atoms with Crippen LogP contribution < -0.4 is 19.7 Å². The van der Waals surface area contributed by atoms with Crippen molar-refractivity contribution in [2.45, 2.75) is 26.4 Å². The standard InChI is InChI=1S/C19H22N2O3/c1-4-15-12-21(17-11-13(2)5-10-18(17)24-15)19(22)20-14-6-8-16(23-3)9-7-14/h5-11,15H,4,12H2,1-3H3,(H,20,22)/t15-/m0/s1. The van der Waals surface area contributed by atoms with Gasteiger partial charge in [-0.2, -0.15) is 0 Å². The van der Waals surface area contributed by atoms with E-state index in [-0.39, 0.29) is 12.1 Å². The van der Waals surface area contributed by atoms with Gasteiger partial charge in [-0.1, -0.05) is 13.0 Å². The molecule has 1 aliphatic rings. The minimum absolute atomic E-state index is 0.00169. The van der Waals surface area contributed by atoms with Gasteiger partial charge < -0.3 is 14.8 Å². The lowest BCUT2D eigenvalue weighted by Crippen LogP contribution is -2.45. The Kier molecular flexibility index (Phi) is 4.60. The number of anilines is 2. The van der Waals surface area contributed by atoms with Crippen molar-refractivity contribution in [3.8, 4) is 11.5 Å². The van der Waals surface area contributed by atoms with E-state index < -0.39 is 0 Å². The fourth-order valence-corrected chi connectivity index (χ4v) is 2.73. The Hall–Kier alpha value is -2.69. The number of carbonyl (C=O) groups is 1. The van der Waals surface area contributed by atoms with Gasteiger partial charge >= 0.3 is 6.03 Å². The smallest absolute Gasteiger partial charge is 0.326 e. The number of amides is 2. The van der Waals surface area contributed by atoms with Crippen LogP contribution in [0.1, 0.15) is 18.9 Å². The molecule has 126 valence electrons. The zero-order chi connectivity index (χ0) is 17.1. The molecule has 3 rings (SSSR count). The van der Waals surface area contributed by atoms with Crippen LogP contribution in [0.4, 0.5) is 16.2 Å². The second-order valence-corrected chi connectivity index (χ2v) is 5.89. The number of ether oxygens (including phenoxy) is 2. The van der Waals surface area contributed by atoms with Crippen LogP contribution in [0.3, 0.4) is 0 Å². The van der Waals surface area contributed by atoms with E-state index in [9.17, 15) is 4.79 Å². The van der Waals surface area contributed by atoms with Crippen molar-refractivity contribution in [3.05, 3.63) is 48.0 Å². The van der Waals surface area contributed by atoms with Gasteiger partial charge in [-0.15, -0.1) is 0 Å². The first-order valence-electron chi connectivity index (χ1n) is 8.10. The molecule has 1 aliphatic heterocycles. The molecule has 0 radical (unpaired) electrons. The molecule has 0 saturated heterocycles. The highest BCUT2D eigenvalue weighted by Crippen LogP contribution is 2.35. The Labute approximate surface area is 142 Å². The largest absolute Gasteiger partial charge is 0.497 e. The topological polar surface area (TPSA) is 50.8 Å². The van der Waals surface area contributed by atoms with E-state index in [1.54, 1.807) is 12.0 Å². The van der Waals surface area contributed by atoms with Crippen molar-refractivity contribution >= 4 is 17.4 Å². The van der Waals surface area contributed by atoms with Crippen molar-refractivity contribution in [2.75, 3.05) is 23.9 Å². The van der Waals surface area contributed by atoms with E-state index in [1.807, 2.05) is 49.4 Å². The number of hydrogen-bond donors (Lipinski definition) is 1. The van der Waals surface area contributed by atoms with E-state index in [2.05, 4.69) is 12.2 Å². The molecule has 1 heterocycles. The maximum atomic E-state index is 12.8. The summed E-state index contributed by atoms with van der Waals surface area (Å²) < 4.78 is 11.1. The van der Waals surface area contributed by atoms with Crippen molar-refractivity contribution in [3.63, 3.8) is 0 Å². The Morgan fingerprint density at radius 1 is 1.29 bits per heavy atom. The molecule has 2 aromatic rings. The number of benzene rings is 2. The molecule has 0 aliphatic carbocycles. The van der Waals surface area contributed by atoms with Gasteiger partial charge in [0.2, 0.25) is 0 Å². The lowest BCUT2D eigenvalue weighted by molar-refractivity contribution is 0.188. The van der Waals surface area contributed by atoms with Crippen LogP contribution in [0.15, 0.2) is 42.5 Å². The quantitative estimate of drug-likeness (QED) is 0.919. The number of aryl methyl sites for hydroxylation is 1. The van der Waals surface area contributed by atoms with Gasteiger partial charge in [0.1, 0.15) is 17.6 Å². The number of carbonyl (C=O) groups excluding carboxylic acids is 1.